The molecule has 2 unspecified atom stereocenters. The number of carbonyl (C=O) groups is 1. The molecule has 2 heterocycles. The molecule has 0 radical (unpaired) electrons. The van der Waals surface area contributed by atoms with E-state index in [0.717, 1.165) is 0 Å². The summed E-state index contributed by atoms with van der Waals surface area (Å²) in [6.45, 7) is 7.12. The van der Waals surface area contributed by atoms with Crippen molar-refractivity contribution in [2.75, 3.05) is 0 Å². The standard InChI is InChI=1S/C19H19ClN2O4/c1-9-15-17(21-26-9)16-11(20)6-5-7-12(16)22(18(15)24)13-8-14(19(13,3)4)25-10(2)23/h5-7,13-14H,8H2,1-4H3. The Hall–Kier alpha value is -2.34. The van der Waals surface area contributed by atoms with E-state index < -0.39 is 0 Å². The van der Waals surface area contributed by atoms with Gasteiger partial charge in [0.2, 0.25) is 0 Å². The molecule has 0 N–H and O–H groups in total. The highest BCUT2D eigenvalue weighted by Crippen LogP contribution is 2.52. The first-order chi connectivity index (χ1) is 12.2. The number of ether oxygens (including phenoxy) is 1. The molecule has 2 atom stereocenters. The Morgan fingerprint density at radius 2 is 2.12 bits per heavy atom. The molecule has 0 bridgehead atoms. The van der Waals surface area contributed by atoms with Crippen LogP contribution in [0.1, 0.15) is 39.0 Å². The Morgan fingerprint density at radius 3 is 2.77 bits per heavy atom. The topological polar surface area (TPSA) is 74.3 Å². The van der Waals surface area contributed by atoms with E-state index in [2.05, 4.69) is 5.16 Å². The van der Waals surface area contributed by atoms with E-state index in [4.69, 9.17) is 20.9 Å². The summed E-state index contributed by atoms with van der Waals surface area (Å²) in [5.74, 6) is 0.154. The number of aromatic nitrogens is 2. The minimum atomic E-state index is -0.385. The number of hydrogen-bond acceptors (Lipinski definition) is 5. The summed E-state index contributed by atoms with van der Waals surface area (Å²) in [7, 11) is 0. The number of rotatable bonds is 2. The lowest BCUT2D eigenvalue weighted by Crippen LogP contribution is -2.54. The van der Waals surface area contributed by atoms with Crippen molar-refractivity contribution < 1.29 is 14.1 Å². The minimum absolute atomic E-state index is 0.126. The lowest BCUT2D eigenvalue weighted by Gasteiger charge is -2.51. The van der Waals surface area contributed by atoms with Gasteiger partial charge in [0, 0.05) is 30.2 Å². The predicted molar refractivity (Wildman–Crippen MR) is 98.5 cm³/mol. The van der Waals surface area contributed by atoms with Crippen LogP contribution >= 0.6 is 11.6 Å². The van der Waals surface area contributed by atoms with Crippen molar-refractivity contribution in [2.24, 2.45) is 5.41 Å². The van der Waals surface area contributed by atoms with Gasteiger partial charge in [0.05, 0.1) is 10.5 Å². The number of hydrogen-bond donors (Lipinski definition) is 0. The highest BCUT2D eigenvalue weighted by Gasteiger charge is 2.52. The summed E-state index contributed by atoms with van der Waals surface area (Å²) in [6.07, 6.45) is 0.342. The average molecular weight is 375 g/mol. The Balaban J connectivity index is 2.00. The van der Waals surface area contributed by atoms with Crippen molar-refractivity contribution in [1.29, 1.82) is 0 Å². The van der Waals surface area contributed by atoms with E-state index in [0.29, 0.717) is 39.0 Å². The Morgan fingerprint density at radius 1 is 1.38 bits per heavy atom. The molecule has 1 aliphatic rings. The molecule has 0 saturated heterocycles. The largest absolute Gasteiger partial charge is 0.462 e. The minimum Gasteiger partial charge on any atom is -0.462 e. The zero-order chi connectivity index (χ0) is 18.8. The number of esters is 1. The maximum Gasteiger partial charge on any atom is 0.302 e. The lowest BCUT2D eigenvalue weighted by atomic mass is 9.64. The number of fused-ring (bicyclic) bond motifs is 3. The number of aryl methyl sites for hydroxylation is 1. The van der Waals surface area contributed by atoms with Crippen LogP contribution in [0.3, 0.4) is 0 Å². The Bertz CT molecular complexity index is 1110. The van der Waals surface area contributed by atoms with Gasteiger partial charge in [-0.1, -0.05) is 36.7 Å². The zero-order valence-electron chi connectivity index (χ0n) is 15.0. The van der Waals surface area contributed by atoms with E-state index in [1.807, 2.05) is 26.0 Å². The first kappa shape index (κ1) is 17.1. The van der Waals surface area contributed by atoms with Gasteiger partial charge in [0.15, 0.2) is 0 Å². The molecule has 1 saturated carbocycles. The molecule has 26 heavy (non-hydrogen) atoms. The fraction of sp³-hybridized carbons (Fsp3) is 0.421. The maximum absolute atomic E-state index is 13.3. The van der Waals surface area contributed by atoms with Gasteiger partial charge >= 0.3 is 5.97 Å². The summed E-state index contributed by atoms with van der Waals surface area (Å²) >= 11 is 6.44. The number of carbonyl (C=O) groups excluding carboxylic acids is 1. The van der Waals surface area contributed by atoms with Crippen molar-refractivity contribution in [3.63, 3.8) is 0 Å². The molecule has 1 aliphatic carbocycles. The van der Waals surface area contributed by atoms with Crippen molar-refractivity contribution in [3.05, 3.63) is 39.3 Å². The third-order valence-corrected chi connectivity index (χ3v) is 5.84. The molecule has 1 fully saturated rings. The summed E-state index contributed by atoms with van der Waals surface area (Å²) in [5, 5.41) is 5.72. The second kappa shape index (κ2) is 5.58. The van der Waals surface area contributed by atoms with E-state index in [9.17, 15) is 9.59 Å². The molecule has 3 aromatic rings. The van der Waals surface area contributed by atoms with Crippen LogP contribution in [0.2, 0.25) is 5.02 Å². The first-order valence-electron chi connectivity index (χ1n) is 8.49. The van der Waals surface area contributed by atoms with Crippen LogP contribution in [0, 0.1) is 12.3 Å². The van der Waals surface area contributed by atoms with E-state index >= 15 is 0 Å². The lowest BCUT2D eigenvalue weighted by molar-refractivity contribution is -0.171. The number of benzene rings is 1. The Kier molecular flexibility index (Phi) is 3.67. The molecular weight excluding hydrogens is 356 g/mol. The van der Waals surface area contributed by atoms with E-state index in [-0.39, 0.29) is 29.1 Å². The summed E-state index contributed by atoms with van der Waals surface area (Å²) in [6, 6.07) is 5.32. The van der Waals surface area contributed by atoms with Crippen LogP contribution in [0.25, 0.3) is 21.8 Å². The predicted octanol–water partition coefficient (Wildman–Crippen LogP) is 4.01. The van der Waals surface area contributed by atoms with Crippen LogP contribution in [0.4, 0.5) is 0 Å². The smallest absolute Gasteiger partial charge is 0.302 e. The second-order valence-corrected chi connectivity index (χ2v) is 7.85. The van der Waals surface area contributed by atoms with Crippen LogP contribution in [-0.4, -0.2) is 21.8 Å². The fourth-order valence-electron chi connectivity index (χ4n) is 3.98. The normalized spacial score (nSPS) is 21.7. The van der Waals surface area contributed by atoms with Gasteiger partial charge in [-0.05, 0) is 19.1 Å². The second-order valence-electron chi connectivity index (χ2n) is 7.44. The molecule has 0 aliphatic heterocycles. The van der Waals surface area contributed by atoms with Gasteiger partial charge in [-0.2, -0.15) is 0 Å². The number of pyridine rings is 1. The third kappa shape index (κ3) is 2.21. The molecule has 1 aromatic carbocycles. The van der Waals surface area contributed by atoms with Crippen LogP contribution < -0.4 is 5.56 Å². The van der Waals surface area contributed by atoms with Gasteiger partial charge in [0.1, 0.15) is 22.8 Å². The Labute approximate surface area is 154 Å². The van der Waals surface area contributed by atoms with Crippen LogP contribution in [-0.2, 0) is 9.53 Å². The molecule has 6 nitrogen and oxygen atoms in total. The molecular formula is C19H19ClN2O4. The summed E-state index contributed by atoms with van der Waals surface area (Å²) < 4.78 is 12.5. The molecule has 136 valence electrons. The molecule has 4 rings (SSSR count). The van der Waals surface area contributed by atoms with Crippen molar-refractivity contribution in [1.82, 2.24) is 9.72 Å². The van der Waals surface area contributed by atoms with Gasteiger partial charge < -0.3 is 13.8 Å². The molecule has 0 amide bonds. The highest BCUT2D eigenvalue weighted by atomic mass is 35.5. The highest BCUT2D eigenvalue weighted by molar-refractivity contribution is 6.37. The van der Waals surface area contributed by atoms with Crippen molar-refractivity contribution >= 4 is 39.4 Å². The average Bonchev–Trinajstić information content (AvgIpc) is 2.95. The summed E-state index contributed by atoms with van der Waals surface area (Å²) in [5.41, 5.74) is 0.650. The first-order valence-corrected chi connectivity index (χ1v) is 8.87. The monoisotopic (exact) mass is 374 g/mol. The van der Waals surface area contributed by atoms with Gasteiger partial charge in [-0.25, -0.2) is 0 Å². The number of halogens is 1. The molecule has 7 heteroatoms. The van der Waals surface area contributed by atoms with Gasteiger partial charge in [-0.15, -0.1) is 0 Å². The van der Waals surface area contributed by atoms with Crippen molar-refractivity contribution in [2.45, 2.75) is 46.3 Å². The van der Waals surface area contributed by atoms with Gasteiger partial charge in [-0.3, -0.25) is 9.59 Å². The third-order valence-electron chi connectivity index (χ3n) is 5.53. The molecule has 2 aromatic heterocycles. The quantitative estimate of drug-likeness (QED) is 0.633. The van der Waals surface area contributed by atoms with E-state index in [1.54, 1.807) is 17.6 Å². The molecule has 0 spiro atoms. The fourth-order valence-corrected chi connectivity index (χ4v) is 4.24. The van der Waals surface area contributed by atoms with Crippen molar-refractivity contribution in [3.8, 4) is 0 Å². The van der Waals surface area contributed by atoms with E-state index in [1.165, 1.54) is 6.92 Å². The SMILES string of the molecule is CC(=O)OC1CC(n2c(=O)c3c(C)onc3c3c(Cl)cccc32)C1(C)C. The number of nitrogens with zero attached hydrogens (tertiary/aromatic N) is 2. The summed E-state index contributed by atoms with van der Waals surface area (Å²) in [4.78, 5) is 24.7. The van der Waals surface area contributed by atoms with Crippen LogP contribution in [0.15, 0.2) is 27.5 Å². The van der Waals surface area contributed by atoms with Crippen LogP contribution in [0.5, 0.6) is 0 Å². The zero-order valence-corrected chi connectivity index (χ0v) is 15.8. The maximum atomic E-state index is 13.3. The van der Waals surface area contributed by atoms with Gasteiger partial charge in [0.25, 0.3) is 5.56 Å².